The number of hydrogen-bond acceptors (Lipinski definition) is 9. The van der Waals surface area contributed by atoms with E-state index in [4.69, 9.17) is 13.9 Å². The van der Waals surface area contributed by atoms with Crippen LogP contribution in [-0.4, -0.2) is 33.7 Å². The van der Waals surface area contributed by atoms with Crippen LogP contribution in [-0.2, 0) is 13.1 Å². The molecule has 3 heterocycles. The lowest BCUT2D eigenvalue weighted by molar-refractivity contribution is 0.312. The van der Waals surface area contributed by atoms with Crippen LogP contribution in [0.15, 0.2) is 65.2 Å². The first-order chi connectivity index (χ1) is 16.1. The van der Waals surface area contributed by atoms with E-state index in [1.165, 1.54) is 0 Å². The predicted octanol–water partition coefficient (Wildman–Crippen LogP) is 4.53. The molecule has 0 bridgehead atoms. The van der Waals surface area contributed by atoms with Crippen LogP contribution in [0.5, 0.6) is 11.8 Å². The van der Waals surface area contributed by atoms with Gasteiger partial charge >= 0.3 is 6.01 Å². The van der Waals surface area contributed by atoms with E-state index in [1.807, 2.05) is 73.3 Å². The number of nitrogens with zero attached hydrogens (tertiary/aromatic N) is 5. The average molecular weight is 447 g/mol. The minimum absolute atomic E-state index is 0.236. The Labute approximate surface area is 192 Å². The normalized spacial score (nSPS) is 10.6. The largest absolute Gasteiger partial charge is 0.497 e. The highest BCUT2D eigenvalue weighted by atomic mass is 16.5. The van der Waals surface area contributed by atoms with Gasteiger partial charge in [-0.3, -0.25) is 4.98 Å². The van der Waals surface area contributed by atoms with Gasteiger partial charge in [0.15, 0.2) is 0 Å². The van der Waals surface area contributed by atoms with Crippen LogP contribution in [0.1, 0.15) is 24.1 Å². The Bertz CT molecular complexity index is 1160. The SMILES string of the molecule is CCOc1nc(Nc2ccc(OC)cc2)nc(N(Cc2ccccn2)Cc2ccc(C)o2)n1. The Morgan fingerprint density at radius 1 is 0.970 bits per heavy atom. The van der Waals surface area contributed by atoms with E-state index in [1.54, 1.807) is 13.3 Å². The number of benzene rings is 1. The van der Waals surface area contributed by atoms with Gasteiger partial charge in [-0.2, -0.15) is 15.0 Å². The van der Waals surface area contributed by atoms with Gasteiger partial charge in [0, 0.05) is 11.9 Å². The molecule has 0 aliphatic heterocycles. The molecule has 33 heavy (non-hydrogen) atoms. The molecule has 1 aromatic carbocycles. The molecular formula is C24H26N6O3. The van der Waals surface area contributed by atoms with Crippen LogP contribution in [0.2, 0.25) is 0 Å². The van der Waals surface area contributed by atoms with E-state index in [9.17, 15) is 0 Å². The second-order valence-corrected chi connectivity index (χ2v) is 7.22. The number of aryl methyl sites for hydroxylation is 1. The van der Waals surface area contributed by atoms with Gasteiger partial charge in [-0.1, -0.05) is 6.07 Å². The molecule has 4 aromatic rings. The van der Waals surface area contributed by atoms with Crippen molar-refractivity contribution in [3.8, 4) is 11.8 Å². The number of furan rings is 1. The molecule has 4 rings (SSSR count). The van der Waals surface area contributed by atoms with Crippen LogP contribution in [0.4, 0.5) is 17.6 Å². The molecule has 0 saturated carbocycles. The van der Waals surface area contributed by atoms with Crippen LogP contribution in [0.25, 0.3) is 0 Å². The number of methoxy groups -OCH3 is 1. The number of anilines is 3. The van der Waals surface area contributed by atoms with Crippen molar-refractivity contribution < 1.29 is 13.9 Å². The average Bonchev–Trinajstić information content (AvgIpc) is 3.24. The predicted molar refractivity (Wildman–Crippen MR) is 125 cm³/mol. The summed E-state index contributed by atoms with van der Waals surface area (Å²) in [4.78, 5) is 20.0. The van der Waals surface area contributed by atoms with Crippen molar-refractivity contribution in [3.05, 3.63) is 78.0 Å². The fraction of sp³-hybridized carbons (Fsp3) is 0.250. The van der Waals surface area contributed by atoms with E-state index in [0.717, 1.165) is 28.7 Å². The lowest BCUT2D eigenvalue weighted by Gasteiger charge is -2.22. The standard InChI is InChI=1S/C24H26N6O3/c1-4-32-24-28-22(26-18-9-12-20(31-3)13-10-18)27-23(29-24)30(15-19-7-5-6-14-25-19)16-21-11-8-17(2)33-21/h5-14H,4,15-16H2,1-3H3,(H,26,27,28,29). The summed E-state index contributed by atoms with van der Waals surface area (Å²) in [7, 11) is 1.63. The Morgan fingerprint density at radius 2 is 1.82 bits per heavy atom. The number of ether oxygens (including phenoxy) is 2. The van der Waals surface area contributed by atoms with Gasteiger partial charge < -0.3 is 24.1 Å². The van der Waals surface area contributed by atoms with Crippen molar-refractivity contribution in [2.75, 3.05) is 23.9 Å². The monoisotopic (exact) mass is 446 g/mol. The summed E-state index contributed by atoms with van der Waals surface area (Å²) in [6, 6.07) is 17.4. The van der Waals surface area contributed by atoms with Crippen molar-refractivity contribution in [2.45, 2.75) is 26.9 Å². The Morgan fingerprint density at radius 3 is 2.48 bits per heavy atom. The molecule has 9 nitrogen and oxygen atoms in total. The summed E-state index contributed by atoms with van der Waals surface area (Å²) in [5.74, 6) is 3.23. The topological polar surface area (TPSA) is 98.4 Å². The number of hydrogen-bond donors (Lipinski definition) is 1. The van der Waals surface area contributed by atoms with Crippen LogP contribution < -0.4 is 19.7 Å². The van der Waals surface area contributed by atoms with Crippen LogP contribution in [0, 0.1) is 6.92 Å². The molecule has 0 saturated heterocycles. The summed E-state index contributed by atoms with van der Waals surface area (Å²) in [6.07, 6.45) is 1.76. The zero-order valence-electron chi connectivity index (χ0n) is 18.9. The number of aromatic nitrogens is 4. The van der Waals surface area contributed by atoms with Gasteiger partial charge in [-0.05, 0) is 62.4 Å². The van der Waals surface area contributed by atoms with Gasteiger partial charge in [0.05, 0.1) is 32.5 Å². The third-order valence-corrected chi connectivity index (χ3v) is 4.73. The quantitative estimate of drug-likeness (QED) is 0.377. The fourth-order valence-corrected chi connectivity index (χ4v) is 3.18. The summed E-state index contributed by atoms with van der Waals surface area (Å²) in [5.41, 5.74) is 1.69. The first-order valence-corrected chi connectivity index (χ1v) is 10.6. The molecule has 170 valence electrons. The van der Waals surface area contributed by atoms with Crippen molar-refractivity contribution in [3.63, 3.8) is 0 Å². The fourth-order valence-electron chi connectivity index (χ4n) is 3.18. The minimum Gasteiger partial charge on any atom is -0.497 e. The number of rotatable bonds is 10. The lowest BCUT2D eigenvalue weighted by atomic mass is 10.3. The minimum atomic E-state index is 0.236. The summed E-state index contributed by atoms with van der Waals surface area (Å²) in [6.45, 7) is 5.18. The molecule has 0 amide bonds. The van der Waals surface area contributed by atoms with E-state index in [2.05, 4.69) is 25.3 Å². The highest BCUT2D eigenvalue weighted by Crippen LogP contribution is 2.23. The van der Waals surface area contributed by atoms with E-state index < -0.39 is 0 Å². The Hall–Kier alpha value is -4.14. The molecule has 0 spiro atoms. The maximum absolute atomic E-state index is 5.81. The summed E-state index contributed by atoms with van der Waals surface area (Å²) < 4.78 is 16.7. The molecule has 9 heteroatoms. The molecule has 0 atom stereocenters. The molecule has 0 radical (unpaired) electrons. The van der Waals surface area contributed by atoms with Gasteiger partial charge in [0.1, 0.15) is 17.3 Å². The Kier molecular flexibility index (Phi) is 6.99. The van der Waals surface area contributed by atoms with Crippen LogP contribution in [0.3, 0.4) is 0 Å². The van der Waals surface area contributed by atoms with E-state index in [-0.39, 0.29) is 6.01 Å². The van der Waals surface area contributed by atoms with Gasteiger partial charge in [0.25, 0.3) is 0 Å². The maximum atomic E-state index is 5.81. The van der Waals surface area contributed by atoms with E-state index in [0.29, 0.717) is 31.6 Å². The Balaban J connectivity index is 1.67. The molecule has 0 aliphatic rings. The molecule has 0 aliphatic carbocycles. The first kappa shape index (κ1) is 22.1. The zero-order chi connectivity index (χ0) is 23.0. The van der Waals surface area contributed by atoms with Gasteiger partial charge in [-0.25, -0.2) is 0 Å². The first-order valence-electron chi connectivity index (χ1n) is 10.6. The second-order valence-electron chi connectivity index (χ2n) is 7.22. The summed E-state index contributed by atoms with van der Waals surface area (Å²) in [5, 5.41) is 3.22. The molecular weight excluding hydrogens is 420 g/mol. The third kappa shape index (κ3) is 5.97. The number of pyridine rings is 1. The van der Waals surface area contributed by atoms with Gasteiger partial charge in [0.2, 0.25) is 11.9 Å². The second kappa shape index (κ2) is 10.4. The van der Waals surface area contributed by atoms with Crippen molar-refractivity contribution in [2.24, 2.45) is 0 Å². The zero-order valence-corrected chi connectivity index (χ0v) is 18.9. The maximum Gasteiger partial charge on any atom is 0.323 e. The summed E-state index contributed by atoms with van der Waals surface area (Å²) >= 11 is 0. The molecule has 3 aromatic heterocycles. The highest BCUT2D eigenvalue weighted by Gasteiger charge is 2.18. The third-order valence-electron chi connectivity index (χ3n) is 4.73. The van der Waals surface area contributed by atoms with Crippen molar-refractivity contribution in [1.82, 2.24) is 19.9 Å². The smallest absolute Gasteiger partial charge is 0.323 e. The van der Waals surface area contributed by atoms with E-state index >= 15 is 0 Å². The van der Waals surface area contributed by atoms with Crippen molar-refractivity contribution in [1.29, 1.82) is 0 Å². The molecule has 1 N–H and O–H groups in total. The molecule has 0 unspecified atom stereocenters. The molecule has 0 fully saturated rings. The van der Waals surface area contributed by atoms with Crippen molar-refractivity contribution >= 4 is 17.6 Å². The highest BCUT2D eigenvalue weighted by molar-refractivity contribution is 5.56. The lowest BCUT2D eigenvalue weighted by Crippen LogP contribution is -2.25. The van der Waals surface area contributed by atoms with Crippen LogP contribution >= 0.6 is 0 Å². The number of nitrogens with one attached hydrogen (secondary N) is 1. The van der Waals surface area contributed by atoms with Gasteiger partial charge in [-0.15, -0.1) is 0 Å².